The second-order valence-electron chi connectivity index (χ2n) is 9.26. The summed E-state index contributed by atoms with van der Waals surface area (Å²) in [7, 11) is 0. The lowest BCUT2D eigenvalue weighted by Crippen LogP contribution is -2.49. The molecule has 0 aliphatic carbocycles. The zero-order valence-corrected chi connectivity index (χ0v) is 21.4. The van der Waals surface area contributed by atoms with Crippen molar-refractivity contribution < 1.29 is 24.0 Å². The first-order valence-corrected chi connectivity index (χ1v) is 12.7. The number of benzene rings is 2. The number of unbranched alkanes of at least 4 members (excludes halogenated alkanes) is 1. The van der Waals surface area contributed by atoms with Gasteiger partial charge in [-0.25, -0.2) is 0 Å². The van der Waals surface area contributed by atoms with Gasteiger partial charge in [-0.3, -0.25) is 24.0 Å². The Balaban J connectivity index is 2.20. The van der Waals surface area contributed by atoms with Crippen molar-refractivity contribution in [2.75, 3.05) is 6.54 Å². The number of rotatable bonds is 17. The second kappa shape index (κ2) is 15.9. The molecule has 38 heavy (non-hydrogen) atoms. The van der Waals surface area contributed by atoms with Crippen LogP contribution in [0.4, 0.5) is 0 Å². The molecule has 0 saturated carbocycles. The van der Waals surface area contributed by atoms with Gasteiger partial charge in [-0.2, -0.15) is 0 Å². The fourth-order valence-electron chi connectivity index (χ4n) is 4.08. The largest absolute Gasteiger partial charge is 0.370 e. The van der Waals surface area contributed by atoms with Crippen molar-refractivity contribution in [2.45, 2.75) is 57.0 Å². The molecule has 0 aliphatic heterocycles. The highest BCUT2D eigenvalue weighted by atomic mass is 16.2. The highest BCUT2D eigenvalue weighted by molar-refractivity contribution is 5.95. The molecule has 2 aromatic carbocycles. The molecule has 2 rings (SSSR count). The van der Waals surface area contributed by atoms with Gasteiger partial charge in [0.25, 0.3) is 0 Å². The average Bonchev–Trinajstić information content (AvgIpc) is 2.88. The summed E-state index contributed by atoms with van der Waals surface area (Å²) in [6.07, 6.45) is 1.27. The number of hydrogen-bond donors (Lipinski definition) is 5. The lowest BCUT2D eigenvalue weighted by atomic mass is 9.90. The Hall–Kier alpha value is -4.05. The maximum atomic E-state index is 13.5. The lowest BCUT2D eigenvalue weighted by Gasteiger charge is -2.23. The van der Waals surface area contributed by atoms with Gasteiger partial charge in [-0.15, -0.1) is 0 Å². The van der Waals surface area contributed by atoms with Gasteiger partial charge in [-0.1, -0.05) is 67.1 Å². The van der Waals surface area contributed by atoms with E-state index in [-0.39, 0.29) is 31.0 Å². The Morgan fingerprint density at radius 2 is 1.34 bits per heavy atom. The predicted molar refractivity (Wildman–Crippen MR) is 143 cm³/mol. The van der Waals surface area contributed by atoms with E-state index in [1.165, 1.54) is 0 Å². The van der Waals surface area contributed by atoms with E-state index in [2.05, 4.69) is 10.6 Å². The molecule has 204 valence electrons. The number of nitrogens with one attached hydrogen (secondary N) is 2. The predicted octanol–water partition coefficient (Wildman–Crippen LogP) is 0.507. The molecule has 10 nitrogen and oxygen atoms in total. The Bertz CT molecular complexity index is 1080. The van der Waals surface area contributed by atoms with Crippen molar-refractivity contribution in [1.82, 2.24) is 10.6 Å². The molecule has 0 aromatic heterocycles. The van der Waals surface area contributed by atoms with Crippen LogP contribution in [0, 0.1) is 5.92 Å². The van der Waals surface area contributed by atoms with Gasteiger partial charge in [0.1, 0.15) is 6.04 Å². The van der Waals surface area contributed by atoms with Crippen LogP contribution in [0.5, 0.6) is 0 Å². The van der Waals surface area contributed by atoms with Crippen molar-refractivity contribution >= 4 is 29.4 Å². The van der Waals surface area contributed by atoms with Crippen LogP contribution >= 0.6 is 0 Å². The van der Waals surface area contributed by atoms with Crippen LogP contribution in [0.3, 0.4) is 0 Å². The van der Waals surface area contributed by atoms with Gasteiger partial charge in [0.15, 0.2) is 5.78 Å². The summed E-state index contributed by atoms with van der Waals surface area (Å²) in [5.41, 5.74) is 17.7. The van der Waals surface area contributed by atoms with E-state index in [4.69, 9.17) is 17.2 Å². The molecule has 10 heteroatoms. The van der Waals surface area contributed by atoms with Gasteiger partial charge in [0, 0.05) is 12.3 Å². The van der Waals surface area contributed by atoms with Crippen molar-refractivity contribution in [3.63, 3.8) is 0 Å². The standard InChI is InChI=1S/C28H37N5O5/c29-14-8-7-13-21(28(38)33-23(27(31)37)18-25(30)35)17-24(34)22(15-19-9-3-1-4-10-19)32-26(36)16-20-11-5-2-6-12-20/h1-6,9-12,21-23H,7-8,13-18,29H2,(H2,30,35)(H2,31,37)(H,32,36)(H,33,38)/t21-,22+,23+/m1/s1. The van der Waals surface area contributed by atoms with Crippen molar-refractivity contribution in [3.8, 4) is 0 Å². The van der Waals surface area contributed by atoms with Crippen LogP contribution in [0.25, 0.3) is 0 Å². The van der Waals surface area contributed by atoms with Crippen LogP contribution in [0.2, 0.25) is 0 Å². The van der Waals surface area contributed by atoms with E-state index in [1.54, 1.807) is 0 Å². The third-order valence-corrected chi connectivity index (χ3v) is 6.10. The third-order valence-electron chi connectivity index (χ3n) is 6.10. The molecule has 0 heterocycles. The molecule has 0 saturated heterocycles. The lowest BCUT2D eigenvalue weighted by molar-refractivity contribution is -0.134. The first kappa shape index (κ1) is 30.2. The van der Waals surface area contributed by atoms with E-state index in [0.717, 1.165) is 11.1 Å². The number of primary amides is 2. The van der Waals surface area contributed by atoms with E-state index in [0.29, 0.717) is 25.8 Å². The smallest absolute Gasteiger partial charge is 0.240 e. The normalized spacial score (nSPS) is 13.1. The van der Waals surface area contributed by atoms with Crippen LogP contribution in [-0.4, -0.2) is 48.0 Å². The fraction of sp³-hybridized carbons (Fsp3) is 0.393. The molecular weight excluding hydrogens is 486 g/mol. The summed E-state index contributed by atoms with van der Waals surface area (Å²) >= 11 is 0. The minimum atomic E-state index is -1.28. The summed E-state index contributed by atoms with van der Waals surface area (Å²) in [4.78, 5) is 62.4. The van der Waals surface area contributed by atoms with E-state index < -0.39 is 42.1 Å². The highest BCUT2D eigenvalue weighted by Crippen LogP contribution is 2.17. The van der Waals surface area contributed by atoms with Gasteiger partial charge < -0.3 is 27.8 Å². The molecule has 3 atom stereocenters. The molecule has 0 unspecified atom stereocenters. The number of hydrogen-bond acceptors (Lipinski definition) is 6. The summed E-state index contributed by atoms with van der Waals surface area (Å²) in [6, 6.07) is 16.3. The maximum Gasteiger partial charge on any atom is 0.240 e. The maximum absolute atomic E-state index is 13.5. The number of Topliss-reactive ketones (excluding diaryl/α,β-unsaturated/α-hetero) is 1. The molecule has 0 fully saturated rings. The van der Waals surface area contributed by atoms with Gasteiger partial charge in [0.05, 0.1) is 18.9 Å². The second-order valence-corrected chi connectivity index (χ2v) is 9.26. The number of amides is 4. The highest BCUT2D eigenvalue weighted by Gasteiger charge is 2.30. The van der Waals surface area contributed by atoms with E-state index >= 15 is 0 Å². The quantitative estimate of drug-likeness (QED) is 0.188. The Morgan fingerprint density at radius 3 is 1.89 bits per heavy atom. The molecule has 0 spiro atoms. The topological polar surface area (TPSA) is 187 Å². The first-order chi connectivity index (χ1) is 18.2. The zero-order valence-electron chi connectivity index (χ0n) is 21.4. The third kappa shape index (κ3) is 10.9. The molecule has 0 bridgehead atoms. The van der Waals surface area contributed by atoms with Crippen molar-refractivity contribution in [3.05, 3.63) is 71.8 Å². The Morgan fingerprint density at radius 1 is 0.737 bits per heavy atom. The molecule has 0 radical (unpaired) electrons. The molecule has 0 aliphatic rings. The molecule has 2 aromatic rings. The Kier molecular flexibility index (Phi) is 12.7. The summed E-state index contributed by atoms with van der Waals surface area (Å²) < 4.78 is 0. The molecule has 4 amide bonds. The minimum Gasteiger partial charge on any atom is -0.370 e. The van der Waals surface area contributed by atoms with Gasteiger partial charge >= 0.3 is 0 Å². The summed E-state index contributed by atoms with van der Waals surface area (Å²) in [5.74, 6) is -3.74. The van der Waals surface area contributed by atoms with E-state index in [1.807, 2.05) is 60.7 Å². The number of nitrogens with two attached hydrogens (primary N) is 3. The first-order valence-electron chi connectivity index (χ1n) is 12.7. The summed E-state index contributed by atoms with van der Waals surface area (Å²) in [5, 5.41) is 5.29. The summed E-state index contributed by atoms with van der Waals surface area (Å²) in [6.45, 7) is 0.417. The van der Waals surface area contributed by atoms with Crippen LogP contribution < -0.4 is 27.8 Å². The zero-order chi connectivity index (χ0) is 27.9. The monoisotopic (exact) mass is 523 g/mol. The number of carbonyl (C=O) groups excluding carboxylic acids is 5. The van der Waals surface area contributed by atoms with Crippen LogP contribution in [-0.2, 0) is 36.8 Å². The van der Waals surface area contributed by atoms with Crippen LogP contribution in [0.1, 0.15) is 43.2 Å². The number of carbonyl (C=O) groups is 5. The molecular formula is C28H37N5O5. The van der Waals surface area contributed by atoms with Gasteiger partial charge in [-0.05, 0) is 36.9 Å². The van der Waals surface area contributed by atoms with Crippen molar-refractivity contribution in [1.29, 1.82) is 0 Å². The SMILES string of the molecule is NCCCC[C@H](CC(=O)[C@H](Cc1ccccc1)NC(=O)Cc1ccccc1)C(=O)N[C@@H](CC(N)=O)C(N)=O. The molecule has 8 N–H and O–H groups in total. The average molecular weight is 524 g/mol. The minimum absolute atomic E-state index is 0.104. The fourth-order valence-corrected chi connectivity index (χ4v) is 4.08. The van der Waals surface area contributed by atoms with Crippen LogP contribution in [0.15, 0.2) is 60.7 Å². The van der Waals surface area contributed by atoms with E-state index in [9.17, 15) is 24.0 Å². The van der Waals surface area contributed by atoms with Gasteiger partial charge in [0.2, 0.25) is 23.6 Å². The number of ketones is 1. The Labute approximate surface area is 222 Å². The van der Waals surface area contributed by atoms with Crippen molar-refractivity contribution in [2.24, 2.45) is 23.1 Å².